The van der Waals surface area contributed by atoms with E-state index in [0.29, 0.717) is 18.5 Å². The first-order chi connectivity index (χ1) is 9.53. The van der Waals surface area contributed by atoms with Crippen molar-refractivity contribution >= 4 is 15.7 Å². The van der Waals surface area contributed by atoms with Crippen LogP contribution in [0, 0.1) is 5.92 Å². The summed E-state index contributed by atoms with van der Waals surface area (Å²) in [5, 5.41) is 2.88. The molecule has 0 spiro atoms. The highest BCUT2D eigenvalue weighted by Crippen LogP contribution is 2.51. The summed E-state index contributed by atoms with van der Waals surface area (Å²) in [7, 11) is -2.87. The average Bonchev–Trinajstić information content (AvgIpc) is 2.75. The first-order valence-corrected chi connectivity index (χ1v) is 8.71. The predicted octanol–water partition coefficient (Wildman–Crippen LogP) is 1.04. The Morgan fingerprint density at radius 1 is 1.30 bits per heavy atom. The molecule has 0 aromatic heterocycles. The topological polar surface area (TPSA) is 63.2 Å². The molecular formula is C15H15NO3S. The van der Waals surface area contributed by atoms with E-state index in [1.807, 2.05) is 12.2 Å². The van der Waals surface area contributed by atoms with E-state index in [1.54, 1.807) is 0 Å². The molecular weight excluding hydrogens is 274 g/mol. The van der Waals surface area contributed by atoms with E-state index in [-0.39, 0.29) is 23.3 Å². The Morgan fingerprint density at radius 2 is 2.15 bits per heavy atom. The van der Waals surface area contributed by atoms with Crippen molar-refractivity contribution in [3.8, 4) is 0 Å². The van der Waals surface area contributed by atoms with Gasteiger partial charge in [0.1, 0.15) is 0 Å². The third kappa shape index (κ3) is 1.88. The van der Waals surface area contributed by atoms with E-state index >= 15 is 0 Å². The molecule has 0 aromatic rings. The standard InChI is InChI=1S/C15H15NO3S/c17-15(16-7-9-3-4-20(18,19)8-9)12-2-1-11-13-5-10(13)6-14(11)12/h1-2,6,9H,3-5,7-8H2,(H,16,17). The zero-order chi connectivity index (χ0) is 13.9. The molecule has 20 heavy (non-hydrogen) atoms. The molecule has 104 valence electrons. The maximum absolute atomic E-state index is 12.2. The quantitative estimate of drug-likeness (QED) is 0.844. The fraction of sp³-hybridized carbons (Fsp3) is 0.400. The Bertz CT molecular complexity index is 750. The largest absolute Gasteiger partial charge is 0.352 e. The fourth-order valence-electron chi connectivity index (χ4n) is 3.20. The lowest BCUT2D eigenvalue weighted by Crippen LogP contribution is -2.30. The van der Waals surface area contributed by atoms with Gasteiger partial charge in [-0.05, 0) is 53.2 Å². The number of carbonyl (C=O) groups excluding carboxylic acids is 1. The van der Waals surface area contributed by atoms with Gasteiger partial charge in [-0.15, -0.1) is 0 Å². The van der Waals surface area contributed by atoms with Crippen LogP contribution in [0.3, 0.4) is 0 Å². The Kier molecular flexibility index (Phi) is 2.40. The lowest BCUT2D eigenvalue weighted by molar-refractivity contribution is -0.117. The number of hydrogen-bond donors (Lipinski definition) is 1. The monoisotopic (exact) mass is 289 g/mol. The number of rotatable bonds is 3. The predicted molar refractivity (Wildman–Crippen MR) is 75.7 cm³/mol. The minimum atomic E-state index is -2.87. The van der Waals surface area contributed by atoms with E-state index in [1.165, 1.54) is 16.7 Å². The first-order valence-electron chi connectivity index (χ1n) is 6.89. The Hall–Kier alpha value is -1.62. The van der Waals surface area contributed by atoms with Gasteiger partial charge in [0.25, 0.3) is 5.91 Å². The first kappa shape index (κ1) is 12.1. The van der Waals surface area contributed by atoms with Gasteiger partial charge in [-0.3, -0.25) is 4.79 Å². The van der Waals surface area contributed by atoms with Crippen LogP contribution in [0.15, 0.2) is 46.1 Å². The third-order valence-electron chi connectivity index (χ3n) is 4.39. The van der Waals surface area contributed by atoms with E-state index in [4.69, 9.17) is 0 Å². The van der Waals surface area contributed by atoms with Crippen molar-refractivity contribution in [1.29, 1.82) is 0 Å². The minimum absolute atomic E-state index is 0.0630. The Morgan fingerprint density at radius 3 is 2.90 bits per heavy atom. The molecule has 1 amide bonds. The van der Waals surface area contributed by atoms with Crippen molar-refractivity contribution < 1.29 is 13.2 Å². The van der Waals surface area contributed by atoms with Crippen LogP contribution in [0.2, 0.25) is 0 Å². The smallest absolute Gasteiger partial charge is 0.251 e. The lowest BCUT2D eigenvalue weighted by atomic mass is 10.1. The number of fused-ring (bicyclic) bond motifs is 2. The van der Waals surface area contributed by atoms with Gasteiger partial charge in [-0.2, -0.15) is 0 Å². The number of nitrogens with one attached hydrogen (secondary N) is 1. The molecule has 1 saturated carbocycles. The second-order valence-electron chi connectivity index (χ2n) is 5.88. The summed E-state index contributed by atoms with van der Waals surface area (Å²) in [6.07, 6.45) is 7.70. The molecule has 5 heteroatoms. The number of hydrogen-bond acceptors (Lipinski definition) is 3. The molecule has 1 unspecified atom stereocenters. The van der Waals surface area contributed by atoms with Crippen molar-refractivity contribution in [1.82, 2.24) is 5.32 Å². The number of amides is 1. The van der Waals surface area contributed by atoms with Crippen molar-refractivity contribution in [3.63, 3.8) is 0 Å². The van der Waals surface area contributed by atoms with Gasteiger partial charge in [0.15, 0.2) is 9.84 Å². The van der Waals surface area contributed by atoms with Crippen LogP contribution in [0.5, 0.6) is 0 Å². The van der Waals surface area contributed by atoms with Crippen LogP contribution in [-0.4, -0.2) is 32.4 Å². The van der Waals surface area contributed by atoms with Crippen molar-refractivity contribution in [2.45, 2.75) is 12.8 Å². The van der Waals surface area contributed by atoms with Crippen molar-refractivity contribution in [2.75, 3.05) is 18.1 Å². The van der Waals surface area contributed by atoms with Gasteiger partial charge in [0.05, 0.1) is 11.5 Å². The molecule has 1 saturated heterocycles. The van der Waals surface area contributed by atoms with Crippen LogP contribution in [0.25, 0.3) is 0 Å². The summed E-state index contributed by atoms with van der Waals surface area (Å²) in [4.78, 5) is 12.2. The van der Waals surface area contributed by atoms with Gasteiger partial charge in [0.2, 0.25) is 0 Å². The van der Waals surface area contributed by atoms with Crippen LogP contribution in [-0.2, 0) is 14.6 Å². The molecule has 1 aliphatic heterocycles. The maximum atomic E-state index is 12.2. The van der Waals surface area contributed by atoms with Gasteiger partial charge >= 0.3 is 0 Å². The average molecular weight is 289 g/mol. The number of sulfone groups is 1. The summed E-state index contributed by atoms with van der Waals surface area (Å²) in [6.45, 7) is 0.450. The lowest BCUT2D eigenvalue weighted by Gasteiger charge is -2.10. The summed E-state index contributed by atoms with van der Waals surface area (Å²) in [5.41, 5.74) is 5.69. The molecule has 0 bridgehead atoms. The second-order valence-corrected chi connectivity index (χ2v) is 8.11. The zero-order valence-electron chi connectivity index (χ0n) is 11.0. The van der Waals surface area contributed by atoms with Crippen LogP contribution in [0.4, 0.5) is 0 Å². The Labute approximate surface area is 117 Å². The van der Waals surface area contributed by atoms with Crippen molar-refractivity contribution in [2.24, 2.45) is 5.92 Å². The zero-order valence-corrected chi connectivity index (χ0v) is 11.8. The summed E-state index contributed by atoms with van der Waals surface area (Å²) >= 11 is 0. The molecule has 1 atom stereocenters. The van der Waals surface area contributed by atoms with Gasteiger partial charge in [-0.1, -0.05) is 6.08 Å². The molecule has 4 nitrogen and oxygen atoms in total. The van der Waals surface area contributed by atoms with E-state index in [2.05, 4.69) is 11.4 Å². The number of allylic oxidation sites excluding steroid dienone is 6. The molecule has 2 fully saturated rings. The molecule has 3 aliphatic carbocycles. The summed E-state index contributed by atoms with van der Waals surface area (Å²) in [6, 6.07) is 0. The fourth-order valence-corrected chi connectivity index (χ4v) is 5.06. The van der Waals surface area contributed by atoms with Crippen LogP contribution in [0.1, 0.15) is 12.8 Å². The van der Waals surface area contributed by atoms with Gasteiger partial charge in [-0.25, -0.2) is 8.42 Å². The third-order valence-corrected chi connectivity index (χ3v) is 6.23. The highest BCUT2D eigenvalue weighted by molar-refractivity contribution is 7.91. The van der Waals surface area contributed by atoms with Crippen LogP contribution < -0.4 is 5.32 Å². The molecule has 1 N–H and O–H groups in total. The molecule has 4 aliphatic rings. The van der Waals surface area contributed by atoms with Gasteiger partial charge in [0, 0.05) is 12.1 Å². The second kappa shape index (κ2) is 3.95. The maximum Gasteiger partial charge on any atom is 0.251 e. The van der Waals surface area contributed by atoms with Crippen LogP contribution >= 0.6 is 0 Å². The SMILES string of the molecule is O=C(NCC1CCS(=O)(=O)C1)C1=C2C=C3CC3=C2C=C1. The minimum Gasteiger partial charge on any atom is -0.352 e. The van der Waals surface area contributed by atoms with E-state index in [9.17, 15) is 13.2 Å². The highest BCUT2D eigenvalue weighted by atomic mass is 32.2. The molecule has 1 heterocycles. The van der Waals surface area contributed by atoms with E-state index < -0.39 is 9.84 Å². The normalized spacial score (nSPS) is 28.6. The van der Waals surface area contributed by atoms with Gasteiger partial charge < -0.3 is 5.32 Å². The molecule has 0 radical (unpaired) electrons. The number of carbonyl (C=O) groups is 1. The molecule has 0 aromatic carbocycles. The summed E-state index contributed by atoms with van der Waals surface area (Å²) in [5.74, 6) is 0.431. The van der Waals surface area contributed by atoms with E-state index in [0.717, 1.165) is 12.0 Å². The highest BCUT2D eigenvalue weighted by Gasteiger charge is 2.36. The summed E-state index contributed by atoms with van der Waals surface area (Å²) < 4.78 is 22.8. The molecule has 4 rings (SSSR count). The Balaban J connectivity index is 1.43. The van der Waals surface area contributed by atoms with Crippen molar-refractivity contribution in [3.05, 3.63) is 46.1 Å².